The van der Waals surface area contributed by atoms with Gasteiger partial charge < -0.3 is 10.3 Å². The zero-order valence-electron chi connectivity index (χ0n) is 10.0. The van der Waals surface area contributed by atoms with Crippen molar-refractivity contribution < 1.29 is 4.79 Å². The van der Waals surface area contributed by atoms with Gasteiger partial charge in [0.1, 0.15) is 0 Å². The van der Waals surface area contributed by atoms with E-state index in [0.29, 0.717) is 12.6 Å². The van der Waals surface area contributed by atoms with Crippen molar-refractivity contribution in [1.29, 1.82) is 0 Å². The van der Waals surface area contributed by atoms with E-state index in [1.165, 1.54) is 6.34 Å². The van der Waals surface area contributed by atoms with Crippen LogP contribution < -0.4 is 11.3 Å². The number of carbonyl (C=O) groups is 1. The van der Waals surface area contributed by atoms with Gasteiger partial charge in [0.15, 0.2) is 0 Å². The molecule has 0 aliphatic carbocycles. The molecule has 0 bridgehead atoms. The summed E-state index contributed by atoms with van der Waals surface area (Å²) in [5.41, 5.74) is 2.41. The number of hydrogen-bond acceptors (Lipinski definition) is 4. The fraction of sp³-hybridized carbons (Fsp3) is 0.800. The van der Waals surface area contributed by atoms with Crippen LogP contribution in [-0.2, 0) is 4.79 Å². The molecule has 0 atom stereocenters. The molecule has 3 N–H and O–H groups in total. The number of rotatable bonds is 4. The number of aliphatic imine (C=N–C) groups is 1. The summed E-state index contributed by atoms with van der Waals surface area (Å²) in [7, 11) is 3.57. The van der Waals surface area contributed by atoms with Crippen molar-refractivity contribution in [1.82, 2.24) is 15.2 Å². The molecular formula is C10H21N5O. The smallest absolute Gasteiger partial charge is 0.236 e. The zero-order chi connectivity index (χ0) is 12.0. The maximum Gasteiger partial charge on any atom is 0.236 e. The van der Waals surface area contributed by atoms with Gasteiger partial charge in [-0.2, -0.15) is 0 Å². The number of hydrogen-bond donors (Lipinski definition) is 2. The number of nitrogens with zero attached hydrogens (tertiary/aromatic N) is 3. The van der Waals surface area contributed by atoms with Crippen LogP contribution in [0.3, 0.4) is 0 Å². The molecule has 1 amide bonds. The fourth-order valence-electron chi connectivity index (χ4n) is 1.71. The number of amides is 1. The lowest BCUT2D eigenvalue weighted by atomic mass is 10.1. The van der Waals surface area contributed by atoms with E-state index in [0.717, 1.165) is 25.9 Å². The van der Waals surface area contributed by atoms with Crippen LogP contribution in [0, 0.1) is 0 Å². The van der Waals surface area contributed by atoms with Gasteiger partial charge in [0.05, 0.1) is 18.9 Å². The molecule has 0 saturated carbocycles. The monoisotopic (exact) mass is 227 g/mol. The minimum absolute atomic E-state index is 0.158. The highest BCUT2D eigenvalue weighted by Crippen LogP contribution is 2.12. The predicted molar refractivity (Wildman–Crippen MR) is 64.0 cm³/mol. The van der Waals surface area contributed by atoms with Crippen molar-refractivity contribution in [2.75, 3.05) is 33.7 Å². The van der Waals surface area contributed by atoms with E-state index in [2.05, 4.69) is 15.3 Å². The Labute approximate surface area is 96.5 Å². The van der Waals surface area contributed by atoms with Gasteiger partial charge >= 0.3 is 0 Å². The number of nitrogens with two attached hydrogens (primary N) is 1. The average Bonchev–Trinajstić information content (AvgIpc) is 2.28. The summed E-state index contributed by atoms with van der Waals surface area (Å²) in [6.07, 6.45) is 3.50. The summed E-state index contributed by atoms with van der Waals surface area (Å²) in [6, 6.07) is 0.335. The number of nitrogens with one attached hydrogen (secondary N) is 1. The molecule has 0 unspecified atom stereocenters. The largest absolute Gasteiger partial charge is 0.348 e. The fourth-order valence-corrected chi connectivity index (χ4v) is 1.71. The van der Waals surface area contributed by atoms with Gasteiger partial charge in [0.25, 0.3) is 0 Å². The molecule has 92 valence electrons. The summed E-state index contributed by atoms with van der Waals surface area (Å²) in [5, 5.41) is 0. The molecule has 1 rings (SSSR count). The van der Waals surface area contributed by atoms with E-state index in [9.17, 15) is 4.79 Å². The summed E-state index contributed by atoms with van der Waals surface area (Å²) < 4.78 is 0. The first-order valence-corrected chi connectivity index (χ1v) is 5.53. The molecular weight excluding hydrogens is 206 g/mol. The SMILES string of the molecule is CN(C)C(=O)CN1CCC(N=CNN)CC1. The van der Waals surface area contributed by atoms with Crippen LogP contribution in [0.25, 0.3) is 0 Å². The van der Waals surface area contributed by atoms with Crippen molar-refractivity contribution >= 4 is 12.2 Å². The lowest BCUT2D eigenvalue weighted by Crippen LogP contribution is -2.42. The quantitative estimate of drug-likeness (QED) is 0.280. The molecule has 1 aliphatic rings. The third kappa shape index (κ3) is 4.16. The predicted octanol–water partition coefficient (Wildman–Crippen LogP) is -0.969. The van der Waals surface area contributed by atoms with Gasteiger partial charge in [0.2, 0.25) is 5.91 Å². The van der Waals surface area contributed by atoms with Crippen LogP contribution in [-0.4, -0.2) is 61.8 Å². The Morgan fingerprint density at radius 3 is 2.69 bits per heavy atom. The normalized spacial score (nSPS) is 18.9. The molecule has 6 nitrogen and oxygen atoms in total. The first kappa shape index (κ1) is 12.9. The maximum atomic E-state index is 11.5. The van der Waals surface area contributed by atoms with Crippen LogP contribution in [0.4, 0.5) is 0 Å². The average molecular weight is 227 g/mol. The zero-order valence-corrected chi connectivity index (χ0v) is 10.0. The van der Waals surface area contributed by atoms with E-state index in [1.54, 1.807) is 19.0 Å². The van der Waals surface area contributed by atoms with E-state index in [-0.39, 0.29) is 5.91 Å². The lowest BCUT2D eigenvalue weighted by molar-refractivity contribution is -0.130. The van der Waals surface area contributed by atoms with Crippen LogP contribution in [0.5, 0.6) is 0 Å². The topological polar surface area (TPSA) is 74.0 Å². The molecule has 1 heterocycles. The molecule has 1 fully saturated rings. The Balaban J connectivity index is 2.27. The molecule has 16 heavy (non-hydrogen) atoms. The standard InChI is InChI=1S/C10H21N5O/c1-14(2)10(16)7-15-5-3-9(4-6-15)12-8-13-11/h8-9H,3-7,11H2,1-2H3,(H,12,13). The number of likely N-dealkylation sites (N-methyl/N-ethyl adjacent to an activating group) is 1. The number of likely N-dealkylation sites (tertiary alicyclic amines) is 1. The molecule has 1 saturated heterocycles. The highest BCUT2D eigenvalue weighted by Gasteiger charge is 2.20. The Morgan fingerprint density at radius 2 is 2.19 bits per heavy atom. The summed E-state index contributed by atoms with van der Waals surface area (Å²) >= 11 is 0. The van der Waals surface area contributed by atoms with Crippen molar-refractivity contribution in [2.45, 2.75) is 18.9 Å². The third-order valence-corrected chi connectivity index (χ3v) is 2.77. The van der Waals surface area contributed by atoms with E-state index >= 15 is 0 Å². The van der Waals surface area contributed by atoms with Gasteiger partial charge in [-0.05, 0) is 12.8 Å². The maximum absolute atomic E-state index is 11.5. The molecule has 0 aromatic rings. The highest BCUT2D eigenvalue weighted by atomic mass is 16.2. The lowest BCUT2D eigenvalue weighted by Gasteiger charge is -2.30. The van der Waals surface area contributed by atoms with Crippen molar-refractivity contribution in [3.05, 3.63) is 0 Å². The number of hydrazine groups is 1. The molecule has 6 heteroatoms. The highest BCUT2D eigenvalue weighted by molar-refractivity contribution is 5.77. The minimum Gasteiger partial charge on any atom is -0.348 e. The molecule has 1 aliphatic heterocycles. The number of piperidine rings is 1. The van der Waals surface area contributed by atoms with Crippen LogP contribution >= 0.6 is 0 Å². The van der Waals surface area contributed by atoms with Crippen LogP contribution in [0.15, 0.2) is 4.99 Å². The summed E-state index contributed by atoms with van der Waals surface area (Å²) in [5.74, 6) is 5.27. The molecule has 0 spiro atoms. The van der Waals surface area contributed by atoms with Gasteiger partial charge in [-0.25, -0.2) is 5.84 Å². The summed E-state index contributed by atoms with van der Waals surface area (Å²) in [4.78, 5) is 19.6. The van der Waals surface area contributed by atoms with Crippen LogP contribution in [0.1, 0.15) is 12.8 Å². The Morgan fingerprint density at radius 1 is 1.56 bits per heavy atom. The van der Waals surface area contributed by atoms with E-state index in [4.69, 9.17) is 5.84 Å². The molecule has 0 aromatic carbocycles. The second kappa shape index (κ2) is 6.44. The van der Waals surface area contributed by atoms with Crippen molar-refractivity contribution in [3.63, 3.8) is 0 Å². The van der Waals surface area contributed by atoms with Gasteiger partial charge in [-0.15, -0.1) is 0 Å². The number of carbonyl (C=O) groups excluding carboxylic acids is 1. The Hall–Kier alpha value is -1.14. The van der Waals surface area contributed by atoms with Gasteiger partial charge in [0, 0.05) is 27.2 Å². The molecule has 0 radical (unpaired) electrons. The first-order valence-electron chi connectivity index (χ1n) is 5.53. The van der Waals surface area contributed by atoms with Gasteiger partial charge in [-0.1, -0.05) is 0 Å². The van der Waals surface area contributed by atoms with Crippen LogP contribution in [0.2, 0.25) is 0 Å². The third-order valence-electron chi connectivity index (χ3n) is 2.77. The minimum atomic E-state index is 0.158. The Kier molecular flexibility index (Phi) is 5.21. The second-order valence-corrected chi connectivity index (χ2v) is 4.24. The summed E-state index contributed by atoms with van der Waals surface area (Å²) in [6.45, 7) is 2.36. The van der Waals surface area contributed by atoms with Crippen molar-refractivity contribution in [2.24, 2.45) is 10.8 Å². The first-order chi connectivity index (χ1) is 7.63. The van der Waals surface area contributed by atoms with E-state index < -0.39 is 0 Å². The molecule has 0 aromatic heterocycles. The second-order valence-electron chi connectivity index (χ2n) is 4.24. The van der Waals surface area contributed by atoms with Crippen molar-refractivity contribution in [3.8, 4) is 0 Å². The van der Waals surface area contributed by atoms with E-state index in [1.807, 2.05) is 0 Å². The van der Waals surface area contributed by atoms with Gasteiger partial charge in [-0.3, -0.25) is 14.7 Å². The Bertz CT molecular complexity index is 246.